The largest absolute Gasteiger partial charge is 0.500 e. The minimum atomic E-state index is -2.45. The van der Waals surface area contributed by atoms with Crippen molar-refractivity contribution in [2.45, 2.75) is 154 Å². The maximum absolute atomic E-state index is 6.36. The van der Waals surface area contributed by atoms with Gasteiger partial charge in [0.1, 0.15) is 0 Å². The molecule has 0 spiro atoms. The van der Waals surface area contributed by atoms with E-state index in [2.05, 4.69) is 20.8 Å². The van der Waals surface area contributed by atoms with Crippen LogP contribution in [0.25, 0.3) is 0 Å². The van der Waals surface area contributed by atoms with Crippen LogP contribution < -0.4 is 5.73 Å². The first-order valence-electron chi connectivity index (χ1n) is 14.3. The second-order valence-electron chi connectivity index (χ2n) is 11.0. The van der Waals surface area contributed by atoms with E-state index in [9.17, 15) is 0 Å². The molecule has 0 radical (unpaired) electrons. The van der Waals surface area contributed by atoms with Crippen molar-refractivity contribution in [1.29, 1.82) is 0 Å². The summed E-state index contributed by atoms with van der Waals surface area (Å²) in [6, 6.07) is 0.886. The number of nitrogens with two attached hydrogens (primary N) is 1. The molecule has 1 unspecified atom stereocenters. The Balaban J connectivity index is 3.83. The third kappa shape index (κ3) is 20.0. The fourth-order valence-electron chi connectivity index (χ4n) is 5.06. The van der Waals surface area contributed by atoms with Gasteiger partial charge in [0.25, 0.3) is 0 Å². The van der Waals surface area contributed by atoms with Crippen LogP contribution in [0.15, 0.2) is 0 Å². The van der Waals surface area contributed by atoms with Crippen LogP contribution in [0.2, 0.25) is 6.04 Å². The van der Waals surface area contributed by atoms with Crippen molar-refractivity contribution in [2.24, 2.45) is 11.7 Å². The number of unbranched alkanes of at least 4 members (excludes halogenated alkanes) is 14. The summed E-state index contributed by atoms with van der Waals surface area (Å²) in [7, 11) is 2.66. The lowest BCUT2D eigenvalue weighted by Gasteiger charge is -2.28. The van der Waals surface area contributed by atoms with Crippen LogP contribution in [0.1, 0.15) is 143 Å². The van der Waals surface area contributed by atoms with E-state index >= 15 is 0 Å². The molecule has 0 bridgehead atoms. The molecule has 0 aromatic carbocycles. The van der Waals surface area contributed by atoms with E-state index in [1.807, 2.05) is 0 Å². The Hall–Kier alpha value is 0.0569. The molecule has 1 atom stereocenters. The first-order valence-corrected chi connectivity index (χ1v) is 16.2. The fraction of sp³-hybridized carbons (Fsp3) is 1.00. The molecule has 2 N–H and O–H groups in total. The number of rotatable bonds is 25. The SMILES string of the molecule is CCCCCCCCCCCCCCCCCC(CCC[Si](OC)(OC)OC)CC(C)(C)N. The molecule has 0 saturated heterocycles. The van der Waals surface area contributed by atoms with Gasteiger partial charge in [-0.05, 0) is 32.6 Å². The van der Waals surface area contributed by atoms with E-state index in [1.165, 1.54) is 109 Å². The first-order chi connectivity index (χ1) is 15.8. The van der Waals surface area contributed by atoms with Gasteiger partial charge >= 0.3 is 8.80 Å². The Bertz CT molecular complexity index is 402. The molecule has 0 aliphatic carbocycles. The standard InChI is InChI=1S/C28H61NO3Si/c1-7-8-9-10-11-12-13-14-15-16-17-18-19-20-21-23-27(26-28(2,3)29)24-22-25-33(30-4,31-5)32-6/h27H,7-26,29H2,1-6H3. The molecular formula is C28H61NO3Si. The summed E-state index contributed by atoms with van der Waals surface area (Å²) in [4.78, 5) is 0. The zero-order valence-corrected chi connectivity index (χ0v) is 24.5. The normalized spacial score (nSPS) is 13.5. The third-order valence-electron chi connectivity index (χ3n) is 7.06. The molecule has 200 valence electrons. The van der Waals surface area contributed by atoms with Crippen LogP contribution in [0.3, 0.4) is 0 Å². The van der Waals surface area contributed by atoms with Gasteiger partial charge in [0.05, 0.1) is 0 Å². The summed E-state index contributed by atoms with van der Waals surface area (Å²) >= 11 is 0. The maximum atomic E-state index is 6.36. The predicted octanol–water partition coefficient (Wildman–Crippen LogP) is 8.65. The molecular weight excluding hydrogens is 426 g/mol. The minimum absolute atomic E-state index is 0.0988. The van der Waals surface area contributed by atoms with E-state index in [1.54, 1.807) is 21.3 Å². The fourth-order valence-corrected chi connectivity index (χ4v) is 6.81. The van der Waals surface area contributed by atoms with E-state index < -0.39 is 8.80 Å². The highest BCUT2D eigenvalue weighted by Gasteiger charge is 2.37. The molecule has 0 aromatic rings. The van der Waals surface area contributed by atoms with Gasteiger partial charge < -0.3 is 19.0 Å². The molecule has 0 rings (SSSR count). The third-order valence-corrected chi connectivity index (χ3v) is 9.89. The Labute approximate surface area is 209 Å². The van der Waals surface area contributed by atoms with Crippen LogP contribution in [-0.2, 0) is 13.3 Å². The Kier molecular flexibility index (Phi) is 21.4. The van der Waals surface area contributed by atoms with Gasteiger partial charge in [-0.2, -0.15) is 0 Å². The Morgan fingerprint density at radius 1 is 0.606 bits per heavy atom. The highest BCUT2D eigenvalue weighted by molar-refractivity contribution is 6.60. The van der Waals surface area contributed by atoms with E-state index in [-0.39, 0.29) is 5.54 Å². The molecule has 0 heterocycles. The lowest BCUT2D eigenvalue weighted by Crippen LogP contribution is -2.42. The molecule has 0 fully saturated rings. The van der Waals surface area contributed by atoms with Gasteiger partial charge in [0.2, 0.25) is 0 Å². The zero-order chi connectivity index (χ0) is 24.8. The average molecular weight is 488 g/mol. The smallest absolute Gasteiger partial charge is 0.377 e. The average Bonchev–Trinajstić information content (AvgIpc) is 2.78. The first kappa shape index (κ1) is 33.1. The topological polar surface area (TPSA) is 53.7 Å². The van der Waals surface area contributed by atoms with E-state index in [4.69, 9.17) is 19.0 Å². The van der Waals surface area contributed by atoms with Crippen LogP contribution in [0.5, 0.6) is 0 Å². The summed E-state index contributed by atoms with van der Waals surface area (Å²) in [6.07, 6.45) is 25.9. The summed E-state index contributed by atoms with van der Waals surface area (Å²) in [6.45, 7) is 6.61. The quantitative estimate of drug-likeness (QED) is 0.103. The highest BCUT2D eigenvalue weighted by Crippen LogP contribution is 2.27. The maximum Gasteiger partial charge on any atom is 0.500 e. The summed E-state index contributed by atoms with van der Waals surface area (Å²) < 4.78 is 16.7. The van der Waals surface area contributed by atoms with Gasteiger partial charge in [-0.25, -0.2) is 0 Å². The lowest BCUT2D eigenvalue weighted by atomic mass is 9.85. The van der Waals surface area contributed by atoms with Crippen LogP contribution in [-0.4, -0.2) is 35.7 Å². The van der Waals surface area contributed by atoms with E-state index in [0.29, 0.717) is 5.92 Å². The lowest BCUT2D eigenvalue weighted by molar-refractivity contribution is 0.122. The van der Waals surface area contributed by atoms with Gasteiger partial charge in [-0.1, -0.05) is 116 Å². The van der Waals surface area contributed by atoms with Crippen molar-refractivity contribution in [1.82, 2.24) is 0 Å². The van der Waals surface area contributed by atoms with E-state index in [0.717, 1.165) is 18.9 Å². The number of hydrogen-bond acceptors (Lipinski definition) is 4. The molecule has 0 amide bonds. The minimum Gasteiger partial charge on any atom is -0.377 e. The summed E-state index contributed by atoms with van der Waals surface area (Å²) in [5, 5.41) is 0. The van der Waals surface area contributed by atoms with Crippen molar-refractivity contribution in [3.05, 3.63) is 0 Å². The highest BCUT2D eigenvalue weighted by atomic mass is 28.4. The van der Waals surface area contributed by atoms with Crippen molar-refractivity contribution in [2.75, 3.05) is 21.3 Å². The van der Waals surface area contributed by atoms with Crippen molar-refractivity contribution in [3.8, 4) is 0 Å². The molecule has 33 heavy (non-hydrogen) atoms. The molecule has 5 heteroatoms. The van der Waals surface area contributed by atoms with Crippen molar-refractivity contribution in [3.63, 3.8) is 0 Å². The Morgan fingerprint density at radius 3 is 1.33 bits per heavy atom. The van der Waals surface area contributed by atoms with Crippen LogP contribution >= 0.6 is 0 Å². The van der Waals surface area contributed by atoms with Crippen molar-refractivity contribution >= 4 is 8.80 Å². The second kappa shape index (κ2) is 21.3. The van der Waals surface area contributed by atoms with Gasteiger partial charge in [-0.15, -0.1) is 0 Å². The predicted molar refractivity (Wildman–Crippen MR) is 147 cm³/mol. The van der Waals surface area contributed by atoms with Gasteiger partial charge in [0, 0.05) is 32.9 Å². The van der Waals surface area contributed by atoms with Gasteiger partial charge in [-0.3, -0.25) is 0 Å². The Morgan fingerprint density at radius 2 is 0.970 bits per heavy atom. The zero-order valence-electron chi connectivity index (χ0n) is 23.5. The molecule has 0 saturated carbocycles. The monoisotopic (exact) mass is 487 g/mol. The number of hydrogen-bond donors (Lipinski definition) is 1. The van der Waals surface area contributed by atoms with Crippen LogP contribution in [0.4, 0.5) is 0 Å². The summed E-state index contributed by atoms with van der Waals surface area (Å²) in [5.41, 5.74) is 6.26. The van der Waals surface area contributed by atoms with Crippen molar-refractivity contribution < 1.29 is 13.3 Å². The molecule has 4 nitrogen and oxygen atoms in total. The van der Waals surface area contributed by atoms with Crippen LogP contribution in [0, 0.1) is 5.92 Å². The van der Waals surface area contributed by atoms with Gasteiger partial charge in [0.15, 0.2) is 0 Å². The molecule has 0 aliphatic rings. The molecule has 0 aliphatic heterocycles. The molecule has 0 aromatic heterocycles. The second-order valence-corrected chi connectivity index (χ2v) is 14.1. The summed E-state index contributed by atoms with van der Waals surface area (Å²) in [5.74, 6) is 0.684.